The summed E-state index contributed by atoms with van der Waals surface area (Å²) in [6.07, 6.45) is 1.86. The summed E-state index contributed by atoms with van der Waals surface area (Å²) >= 11 is 0. The molecule has 3 heteroatoms. The quantitative estimate of drug-likeness (QED) is 0.442. The highest BCUT2D eigenvalue weighted by atomic mass is 19.1. The van der Waals surface area contributed by atoms with Crippen LogP contribution in [0, 0.1) is 0 Å². The van der Waals surface area contributed by atoms with Gasteiger partial charge in [-0.1, -0.05) is 0 Å². The minimum Gasteiger partial charge on any atom is -0.384 e. The van der Waals surface area contributed by atoms with Crippen molar-refractivity contribution in [1.29, 1.82) is 0 Å². The van der Waals surface area contributed by atoms with E-state index in [9.17, 15) is 4.32 Å². The molecule has 7 heavy (non-hydrogen) atoms. The third kappa shape index (κ3) is 1.16. The topological polar surface area (TPSA) is 9.23 Å². The molecule has 1 unspecified atom stereocenters. The van der Waals surface area contributed by atoms with Gasteiger partial charge in [0, 0.05) is 6.61 Å². The first-order chi connectivity index (χ1) is 3.43. The van der Waals surface area contributed by atoms with Crippen LogP contribution < -0.4 is 0 Å². The fraction of sp³-hybridized carbons (Fsp3) is 1.00. The Labute approximate surface area is 43.1 Å². The van der Waals surface area contributed by atoms with Crippen molar-refractivity contribution in [3.8, 4) is 0 Å². The lowest BCUT2D eigenvalue weighted by atomic mass is 9.93. The van der Waals surface area contributed by atoms with Crippen LogP contribution in [0.2, 0.25) is 0 Å². The van der Waals surface area contributed by atoms with Crippen LogP contribution in [0.3, 0.4) is 0 Å². The first-order valence-corrected chi connectivity index (χ1v) is 2.48. The molecule has 1 aliphatic heterocycles. The fourth-order valence-corrected chi connectivity index (χ4v) is 0.702. The monoisotopic (exact) mass is 101 g/mol. The number of hydrogen-bond donors (Lipinski definition) is 0. The van der Waals surface area contributed by atoms with Gasteiger partial charge in [0.2, 0.25) is 0 Å². The van der Waals surface area contributed by atoms with Gasteiger partial charge in [-0.15, -0.1) is 0 Å². The van der Waals surface area contributed by atoms with Crippen molar-refractivity contribution in [2.75, 3.05) is 6.61 Å². The Morgan fingerprint density at radius 1 is 1.71 bits per heavy atom. The maximum absolute atomic E-state index is 11.4. The molecular weight excluding hydrogens is 93.9 g/mol. The Morgan fingerprint density at radius 3 is 2.86 bits per heavy atom. The molecule has 0 aromatic carbocycles. The fourth-order valence-electron chi connectivity index (χ4n) is 0.702. The number of rotatable bonds is 1. The smallest absolute Gasteiger partial charge is 0.384 e. The van der Waals surface area contributed by atoms with E-state index in [1.165, 1.54) is 0 Å². The Hall–Kier alpha value is -0.0451. The van der Waals surface area contributed by atoms with Crippen LogP contribution >= 0.6 is 0 Å². The van der Waals surface area contributed by atoms with Crippen LogP contribution in [-0.4, -0.2) is 20.2 Å². The third-order valence-corrected chi connectivity index (χ3v) is 1.11. The molecule has 1 fully saturated rings. The van der Waals surface area contributed by atoms with E-state index in [-0.39, 0.29) is 6.00 Å². The van der Waals surface area contributed by atoms with E-state index in [1.807, 2.05) is 0 Å². The Bertz CT molecular complexity index is 53.7. The van der Waals surface area contributed by atoms with Gasteiger partial charge in [-0.05, 0) is 12.8 Å². The maximum Gasteiger partial charge on any atom is 0.385 e. The molecule has 0 amide bonds. The summed E-state index contributed by atoms with van der Waals surface area (Å²) in [5.41, 5.74) is 0. The average Bonchev–Trinajstić information content (AvgIpc) is 2.14. The van der Waals surface area contributed by atoms with Gasteiger partial charge in [0.15, 0.2) is 0 Å². The van der Waals surface area contributed by atoms with Gasteiger partial charge in [0.25, 0.3) is 0 Å². The maximum atomic E-state index is 11.4. The van der Waals surface area contributed by atoms with E-state index < -0.39 is 0 Å². The predicted octanol–water partition coefficient (Wildman–Crippen LogP) is 0.712. The molecule has 0 aromatic heterocycles. The van der Waals surface area contributed by atoms with Crippen molar-refractivity contribution in [2.45, 2.75) is 18.8 Å². The molecule has 1 saturated heterocycles. The largest absolute Gasteiger partial charge is 0.385 e. The van der Waals surface area contributed by atoms with Crippen LogP contribution in [0.25, 0.3) is 0 Å². The molecule has 39 valence electrons. The summed E-state index contributed by atoms with van der Waals surface area (Å²) in [6.45, 7) is 0.727. The first kappa shape index (κ1) is 5.10. The third-order valence-electron chi connectivity index (χ3n) is 1.11. The normalized spacial score (nSPS) is 30.7. The number of ether oxygens (including phenoxy) is 1. The summed E-state index contributed by atoms with van der Waals surface area (Å²) < 4.78 is 16.3. The minimum absolute atomic E-state index is 0.194. The zero-order valence-electron chi connectivity index (χ0n) is 4.06. The molecule has 1 aliphatic rings. The van der Waals surface area contributed by atoms with Crippen molar-refractivity contribution in [3.05, 3.63) is 0 Å². The lowest BCUT2D eigenvalue weighted by Gasteiger charge is -1.96. The second-order valence-electron chi connectivity index (χ2n) is 1.68. The SMILES string of the molecule is F[B]C1CCCO1. The van der Waals surface area contributed by atoms with Crippen molar-refractivity contribution < 1.29 is 9.05 Å². The lowest BCUT2D eigenvalue weighted by Crippen LogP contribution is -2.09. The molecule has 1 rings (SSSR count). The summed E-state index contributed by atoms with van der Waals surface area (Å²) in [4.78, 5) is 0. The highest BCUT2D eigenvalue weighted by molar-refractivity contribution is 6.28. The molecule has 0 bridgehead atoms. The zero-order valence-corrected chi connectivity index (χ0v) is 4.06. The summed E-state index contributed by atoms with van der Waals surface area (Å²) in [5.74, 6) is 0. The second kappa shape index (κ2) is 2.31. The second-order valence-corrected chi connectivity index (χ2v) is 1.68. The van der Waals surface area contributed by atoms with E-state index in [1.54, 1.807) is 0 Å². The van der Waals surface area contributed by atoms with E-state index in [0.29, 0.717) is 7.56 Å². The van der Waals surface area contributed by atoms with E-state index in [4.69, 9.17) is 4.74 Å². The van der Waals surface area contributed by atoms with Gasteiger partial charge in [0.05, 0.1) is 6.00 Å². The van der Waals surface area contributed by atoms with Gasteiger partial charge < -0.3 is 9.05 Å². The summed E-state index contributed by atoms with van der Waals surface area (Å²) in [7, 11) is 0.618. The standard InChI is InChI=1S/C4H7BFO/c6-5-4-2-1-3-7-4/h4H,1-3H2. The molecule has 0 spiro atoms. The minimum atomic E-state index is -0.194. The Kier molecular flexibility index (Phi) is 1.68. The van der Waals surface area contributed by atoms with Gasteiger partial charge in [-0.25, -0.2) is 0 Å². The molecule has 1 radical (unpaired) electrons. The summed E-state index contributed by atoms with van der Waals surface area (Å²) in [6, 6.07) is -0.194. The first-order valence-electron chi connectivity index (χ1n) is 2.48. The van der Waals surface area contributed by atoms with Crippen molar-refractivity contribution >= 4 is 7.56 Å². The van der Waals surface area contributed by atoms with Crippen LogP contribution in [-0.2, 0) is 4.74 Å². The highest BCUT2D eigenvalue weighted by Gasteiger charge is 2.16. The molecule has 0 saturated carbocycles. The summed E-state index contributed by atoms with van der Waals surface area (Å²) in [5, 5.41) is 0. The van der Waals surface area contributed by atoms with Crippen molar-refractivity contribution in [2.24, 2.45) is 0 Å². The number of halogens is 1. The van der Waals surface area contributed by atoms with Crippen LogP contribution in [0.4, 0.5) is 4.32 Å². The zero-order chi connectivity index (χ0) is 5.11. The van der Waals surface area contributed by atoms with E-state index in [0.717, 1.165) is 19.4 Å². The van der Waals surface area contributed by atoms with Crippen LogP contribution in [0.1, 0.15) is 12.8 Å². The highest BCUT2D eigenvalue weighted by Crippen LogP contribution is 2.09. The van der Waals surface area contributed by atoms with Crippen molar-refractivity contribution in [1.82, 2.24) is 0 Å². The molecule has 1 atom stereocenters. The molecule has 0 aliphatic carbocycles. The number of hydrogen-bond acceptors (Lipinski definition) is 1. The van der Waals surface area contributed by atoms with Crippen molar-refractivity contribution in [3.63, 3.8) is 0 Å². The lowest BCUT2D eigenvalue weighted by molar-refractivity contribution is 0.161. The molecule has 0 N–H and O–H groups in total. The Balaban J connectivity index is 2.14. The molecule has 1 nitrogen and oxygen atoms in total. The molecule has 1 heterocycles. The molecular formula is C4H7BFO. The van der Waals surface area contributed by atoms with Gasteiger partial charge in [-0.2, -0.15) is 0 Å². The van der Waals surface area contributed by atoms with Crippen LogP contribution in [0.15, 0.2) is 0 Å². The molecule has 0 aromatic rings. The van der Waals surface area contributed by atoms with E-state index >= 15 is 0 Å². The van der Waals surface area contributed by atoms with Gasteiger partial charge in [-0.3, -0.25) is 0 Å². The average molecular weight is 101 g/mol. The van der Waals surface area contributed by atoms with Crippen LogP contribution in [0.5, 0.6) is 0 Å². The van der Waals surface area contributed by atoms with E-state index in [2.05, 4.69) is 0 Å². The van der Waals surface area contributed by atoms with Gasteiger partial charge in [0.1, 0.15) is 0 Å². The van der Waals surface area contributed by atoms with Gasteiger partial charge >= 0.3 is 7.56 Å². The Morgan fingerprint density at radius 2 is 2.57 bits per heavy atom. The predicted molar refractivity (Wildman–Crippen MR) is 25.8 cm³/mol.